The van der Waals surface area contributed by atoms with Crippen LogP contribution in [-0.4, -0.2) is 38.1 Å². The van der Waals surface area contributed by atoms with E-state index in [0.717, 1.165) is 10.4 Å². The fourth-order valence-electron chi connectivity index (χ4n) is 2.22. The fraction of sp³-hybridized carbons (Fsp3) is 0.500. The van der Waals surface area contributed by atoms with Crippen LogP contribution in [0.15, 0.2) is 29.2 Å². The van der Waals surface area contributed by atoms with Crippen molar-refractivity contribution in [2.24, 2.45) is 5.90 Å². The van der Waals surface area contributed by atoms with E-state index in [2.05, 4.69) is 4.84 Å². The minimum Gasteiger partial charge on any atom is -0.300 e. The third kappa shape index (κ3) is 3.94. The van der Waals surface area contributed by atoms with Crippen molar-refractivity contribution in [3.63, 3.8) is 0 Å². The Morgan fingerprint density at radius 2 is 2.10 bits per heavy atom. The van der Waals surface area contributed by atoms with Crippen LogP contribution < -0.4 is 5.90 Å². The summed E-state index contributed by atoms with van der Waals surface area (Å²) in [6.07, 6.45) is -5.48. The van der Waals surface area contributed by atoms with Crippen molar-refractivity contribution in [3.8, 4) is 0 Å². The Labute approximate surface area is 120 Å². The van der Waals surface area contributed by atoms with E-state index in [0.29, 0.717) is 6.42 Å². The summed E-state index contributed by atoms with van der Waals surface area (Å²) in [4.78, 5) is 4.46. The highest BCUT2D eigenvalue weighted by Crippen LogP contribution is 2.26. The van der Waals surface area contributed by atoms with Crippen LogP contribution in [0.4, 0.5) is 13.2 Å². The molecule has 1 aromatic rings. The summed E-state index contributed by atoms with van der Waals surface area (Å²) in [7, 11) is -3.83. The molecule has 118 valence electrons. The van der Waals surface area contributed by atoms with Gasteiger partial charge < -0.3 is 0 Å². The minimum absolute atomic E-state index is 0.0885. The van der Waals surface area contributed by atoms with Gasteiger partial charge >= 0.3 is 6.18 Å². The van der Waals surface area contributed by atoms with Crippen molar-refractivity contribution in [1.82, 2.24) is 4.31 Å². The van der Waals surface area contributed by atoms with Crippen molar-refractivity contribution in [2.75, 3.05) is 13.1 Å². The van der Waals surface area contributed by atoms with Gasteiger partial charge in [0.05, 0.1) is 17.4 Å². The second-order valence-electron chi connectivity index (χ2n) is 4.85. The van der Waals surface area contributed by atoms with Gasteiger partial charge in [-0.25, -0.2) is 14.3 Å². The molecule has 1 atom stereocenters. The van der Waals surface area contributed by atoms with Crippen LogP contribution in [0.25, 0.3) is 0 Å². The molecule has 1 aliphatic heterocycles. The molecule has 0 amide bonds. The number of rotatable bonds is 4. The van der Waals surface area contributed by atoms with Crippen LogP contribution in [0.2, 0.25) is 0 Å². The van der Waals surface area contributed by atoms with E-state index in [1.165, 1.54) is 18.2 Å². The smallest absolute Gasteiger partial charge is 0.300 e. The summed E-state index contributed by atoms with van der Waals surface area (Å²) in [5.41, 5.74) is -0.0885. The molecule has 0 aromatic heterocycles. The molecular weight excluding hydrogens is 309 g/mol. The zero-order chi connectivity index (χ0) is 15.7. The summed E-state index contributed by atoms with van der Waals surface area (Å²) in [6.45, 7) is 0.329. The van der Waals surface area contributed by atoms with Gasteiger partial charge in [0.15, 0.2) is 0 Å². The molecule has 1 heterocycles. The Morgan fingerprint density at radius 1 is 1.38 bits per heavy atom. The Bertz CT molecular complexity index is 604. The van der Waals surface area contributed by atoms with E-state index in [1.807, 2.05) is 0 Å². The van der Waals surface area contributed by atoms with Gasteiger partial charge in [-0.2, -0.15) is 17.5 Å². The first-order valence-corrected chi connectivity index (χ1v) is 7.68. The average Bonchev–Trinajstić information content (AvgIpc) is 2.86. The Hall–Kier alpha value is -1.16. The number of hydrogen-bond donors (Lipinski definition) is 1. The lowest BCUT2D eigenvalue weighted by Crippen LogP contribution is -2.31. The second kappa shape index (κ2) is 5.91. The molecule has 1 aliphatic rings. The standard InChI is InChI=1S/C12H15F3N2O3S/c13-12(14,15)7-9-2-1-3-11(6-9)21(18,19)17-5-4-10(8-17)20-16/h1-3,6,10H,4-5,7-8,16H2/t10-/m0/s1. The molecule has 0 bridgehead atoms. The SMILES string of the molecule is NO[C@H]1CCN(S(=O)(=O)c2cccc(CC(F)(F)F)c2)C1. The predicted octanol–water partition coefficient (Wildman–Crippen LogP) is 1.44. The Morgan fingerprint density at radius 3 is 2.67 bits per heavy atom. The third-order valence-corrected chi connectivity index (χ3v) is 5.10. The van der Waals surface area contributed by atoms with Crippen molar-refractivity contribution in [3.05, 3.63) is 29.8 Å². The fourth-order valence-corrected chi connectivity index (χ4v) is 3.78. The molecular formula is C12H15F3N2O3S. The lowest BCUT2D eigenvalue weighted by molar-refractivity contribution is -0.127. The first-order valence-electron chi connectivity index (χ1n) is 6.24. The van der Waals surface area contributed by atoms with Gasteiger partial charge in [-0.05, 0) is 24.1 Å². The predicted molar refractivity (Wildman–Crippen MR) is 68.6 cm³/mol. The zero-order valence-electron chi connectivity index (χ0n) is 11.0. The largest absolute Gasteiger partial charge is 0.393 e. The topological polar surface area (TPSA) is 72.6 Å². The van der Waals surface area contributed by atoms with Crippen LogP contribution >= 0.6 is 0 Å². The zero-order valence-corrected chi connectivity index (χ0v) is 11.8. The normalized spacial score (nSPS) is 20.9. The van der Waals surface area contributed by atoms with Crippen LogP contribution in [0.5, 0.6) is 0 Å². The maximum Gasteiger partial charge on any atom is 0.393 e. The van der Waals surface area contributed by atoms with Crippen LogP contribution in [0, 0.1) is 0 Å². The van der Waals surface area contributed by atoms with E-state index < -0.39 is 28.7 Å². The Kier molecular flexibility index (Phi) is 4.57. The molecule has 0 spiro atoms. The molecule has 1 aromatic carbocycles. The van der Waals surface area contributed by atoms with Gasteiger partial charge in [0, 0.05) is 13.1 Å². The monoisotopic (exact) mass is 324 g/mol. The highest BCUT2D eigenvalue weighted by molar-refractivity contribution is 7.89. The van der Waals surface area contributed by atoms with Gasteiger partial charge in [-0.1, -0.05) is 12.1 Å². The number of sulfonamides is 1. The van der Waals surface area contributed by atoms with Crippen molar-refractivity contribution in [2.45, 2.75) is 30.0 Å². The second-order valence-corrected chi connectivity index (χ2v) is 6.79. The summed E-state index contributed by atoms with van der Waals surface area (Å²) in [5, 5.41) is 0. The quantitative estimate of drug-likeness (QED) is 0.851. The van der Waals surface area contributed by atoms with Crippen LogP contribution in [0.3, 0.4) is 0 Å². The number of nitrogens with two attached hydrogens (primary N) is 1. The number of benzene rings is 1. The van der Waals surface area contributed by atoms with E-state index in [4.69, 9.17) is 5.90 Å². The van der Waals surface area contributed by atoms with E-state index in [-0.39, 0.29) is 23.5 Å². The maximum atomic E-state index is 12.4. The van der Waals surface area contributed by atoms with Crippen molar-refractivity contribution >= 4 is 10.0 Å². The molecule has 5 nitrogen and oxygen atoms in total. The van der Waals surface area contributed by atoms with Gasteiger partial charge in [0.1, 0.15) is 0 Å². The van der Waals surface area contributed by atoms with Crippen molar-refractivity contribution < 1.29 is 26.4 Å². The maximum absolute atomic E-state index is 12.4. The molecule has 0 radical (unpaired) electrons. The van der Waals surface area contributed by atoms with Gasteiger partial charge in [0.2, 0.25) is 10.0 Å². The highest BCUT2D eigenvalue weighted by atomic mass is 32.2. The molecule has 1 saturated heterocycles. The first-order chi connectivity index (χ1) is 9.72. The molecule has 0 saturated carbocycles. The van der Waals surface area contributed by atoms with Gasteiger partial charge in [-0.3, -0.25) is 4.84 Å². The molecule has 1 fully saturated rings. The van der Waals surface area contributed by atoms with Gasteiger partial charge in [-0.15, -0.1) is 0 Å². The first kappa shape index (κ1) is 16.2. The number of halogens is 3. The third-order valence-electron chi connectivity index (χ3n) is 3.24. The molecule has 0 unspecified atom stereocenters. The average molecular weight is 324 g/mol. The molecule has 2 N–H and O–H groups in total. The summed E-state index contributed by atoms with van der Waals surface area (Å²) < 4.78 is 63.0. The molecule has 0 aliphatic carbocycles. The minimum atomic E-state index is -4.38. The lowest BCUT2D eigenvalue weighted by Gasteiger charge is -2.17. The molecule has 2 rings (SSSR count). The van der Waals surface area contributed by atoms with E-state index >= 15 is 0 Å². The summed E-state index contributed by atoms with van der Waals surface area (Å²) in [6, 6.07) is 4.90. The summed E-state index contributed by atoms with van der Waals surface area (Å²) in [5.74, 6) is 5.03. The highest BCUT2D eigenvalue weighted by Gasteiger charge is 2.34. The molecule has 9 heteroatoms. The summed E-state index contributed by atoms with van der Waals surface area (Å²) >= 11 is 0. The Balaban J connectivity index is 2.23. The van der Waals surface area contributed by atoms with E-state index in [1.54, 1.807) is 0 Å². The van der Waals surface area contributed by atoms with Crippen molar-refractivity contribution in [1.29, 1.82) is 0 Å². The van der Waals surface area contributed by atoms with Crippen LogP contribution in [0.1, 0.15) is 12.0 Å². The number of alkyl halides is 3. The van der Waals surface area contributed by atoms with Gasteiger partial charge in [0.25, 0.3) is 0 Å². The molecule has 21 heavy (non-hydrogen) atoms. The number of nitrogens with zero attached hydrogens (tertiary/aromatic N) is 1. The van der Waals surface area contributed by atoms with E-state index in [9.17, 15) is 21.6 Å². The van der Waals surface area contributed by atoms with Crippen LogP contribution in [-0.2, 0) is 21.3 Å². The number of hydrogen-bond acceptors (Lipinski definition) is 4. The lowest BCUT2D eigenvalue weighted by atomic mass is 10.1.